The highest BCUT2D eigenvalue weighted by Gasteiger charge is 2.72. The number of nitrogens with zero attached hydrogens (tertiary/aromatic N) is 2. The molecule has 8 rings (SSSR count). The molecule has 336 valence electrons. The molecule has 0 aliphatic heterocycles. The molecule has 0 saturated carbocycles. The number of anilines is 6. The van der Waals surface area contributed by atoms with Crippen LogP contribution < -0.4 is 19.3 Å². The molecule has 8 aromatic rings. The molecule has 0 atom stereocenters. The number of rotatable bonds is 13. The maximum atomic E-state index is 14.7. The Hall–Kier alpha value is -8.12. The van der Waals surface area contributed by atoms with Gasteiger partial charge in [0.25, 0.3) is 0 Å². The van der Waals surface area contributed by atoms with E-state index in [2.05, 4.69) is 4.90 Å². The van der Waals surface area contributed by atoms with Gasteiger partial charge in [0, 0.05) is 39.7 Å². The number of alkyl halides is 6. The fourth-order valence-electron chi connectivity index (χ4n) is 8.01. The summed E-state index contributed by atoms with van der Waals surface area (Å²) >= 11 is 0. The van der Waals surface area contributed by atoms with Gasteiger partial charge < -0.3 is 19.3 Å². The lowest BCUT2D eigenvalue weighted by molar-refractivity contribution is -0.288. The zero-order valence-electron chi connectivity index (χ0n) is 35.9. The lowest BCUT2D eigenvalue weighted by Crippen LogP contribution is -2.54. The SMILES string of the molecule is COc1ccc(C(c2ccc(OC(=O)c3ccc(N(c4ccccc4)c4ccc(-c5ccc(N(c6ccccc6)c6ccc(C(C)=O)cc6)cc5)cc4)cc3)cc2)(C(F)(F)F)C(F)(F)F)cc1. The fraction of sp³-hybridized carbons (Fsp3) is 0.0909. The van der Waals surface area contributed by atoms with Crippen LogP contribution in [0.15, 0.2) is 206 Å². The highest BCUT2D eigenvalue weighted by atomic mass is 19.4. The van der Waals surface area contributed by atoms with Gasteiger partial charge in [-0.25, -0.2) is 4.79 Å². The molecular weight excluding hydrogens is 867 g/mol. The van der Waals surface area contributed by atoms with E-state index in [9.17, 15) is 35.9 Å². The summed E-state index contributed by atoms with van der Waals surface area (Å²) in [5.41, 5.74) is 1.28. The van der Waals surface area contributed by atoms with Crippen molar-refractivity contribution < 1.29 is 45.4 Å². The second kappa shape index (κ2) is 18.8. The van der Waals surface area contributed by atoms with Crippen molar-refractivity contribution in [1.29, 1.82) is 0 Å². The van der Waals surface area contributed by atoms with Gasteiger partial charge in [-0.05, 0) is 151 Å². The van der Waals surface area contributed by atoms with Gasteiger partial charge in [-0.2, -0.15) is 26.3 Å². The molecule has 0 unspecified atom stereocenters. The quantitative estimate of drug-likeness (QED) is 0.0497. The largest absolute Gasteiger partial charge is 0.497 e. The molecule has 8 aromatic carbocycles. The molecule has 0 radical (unpaired) electrons. The summed E-state index contributed by atoms with van der Waals surface area (Å²) in [7, 11) is 1.24. The van der Waals surface area contributed by atoms with E-state index in [1.165, 1.54) is 19.2 Å². The standard InChI is InChI=1S/C55H40F6N2O4/c1-37(64)38-13-25-46(26-14-38)62(44-9-5-3-6-10-44)47-27-15-39(16-28-47)40-17-29-48(30-18-40)63(45-11-7-4-8-12-45)49-31-19-41(20-32-49)52(65)67-51-35-23-43(24-36-51)53(54(56,57)58,55(59,60)61)42-21-33-50(66-2)34-22-42/h3-36H,1-2H3. The third-order valence-corrected chi connectivity index (χ3v) is 11.4. The van der Waals surface area contributed by atoms with Gasteiger partial charge >= 0.3 is 18.3 Å². The molecule has 0 fully saturated rings. The number of halogens is 6. The number of Topliss-reactive ketones (excluding diaryl/α,β-unsaturated/α-hetero) is 1. The first-order valence-corrected chi connectivity index (χ1v) is 20.9. The number of ether oxygens (including phenoxy) is 2. The van der Waals surface area contributed by atoms with E-state index in [0.717, 1.165) is 76.0 Å². The molecule has 0 N–H and O–H groups in total. The summed E-state index contributed by atoms with van der Waals surface area (Å²) in [6.45, 7) is 1.54. The number of para-hydroxylation sites is 2. The minimum absolute atomic E-state index is 0.00459. The summed E-state index contributed by atoms with van der Waals surface area (Å²) in [6, 6.07) is 56.3. The molecule has 0 heterocycles. The highest BCUT2D eigenvalue weighted by Crippen LogP contribution is 2.56. The summed E-state index contributed by atoms with van der Waals surface area (Å²) in [4.78, 5) is 29.4. The van der Waals surface area contributed by atoms with Crippen LogP contribution >= 0.6 is 0 Å². The predicted molar refractivity (Wildman–Crippen MR) is 249 cm³/mol. The Morgan fingerprint density at radius 3 is 1.07 bits per heavy atom. The van der Waals surface area contributed by atoms with Gasteiger partial charge in [0.15, 0.2) is 5.78 Å². The Morgan fingerprint density at radius 1 is 0.403 bits per heavy atom. The number of carbonyl (C=O) groups is 2. The molecule has 12 heteroatoms. The van der Waals surface area contributed by atoms with Crippen molar-refractivity contribution in [3.05, 3.63) is 229 Å². The van der Waals surface area contributed by atoms with Gasteiger partial charge in [-0.3, -0.25) is 4.79 Å². The monoisotopic (exact) mass is 906 g/mol. The van der Waals surface area contributed by atoms with Crippen molar-refractivity contribution in [1.82, 2.24) is 0 Å². The summed E-state index contributed by atoms with van der Waals surface area (Å²) in [6.07, 6.45) is -11.6. The minimum atomic E-state index is -5.79. The maximum absolute atomic E-state index is 14.7. The molecule has 0 bridgehead atoms. The van der Waals surface area contributed by atoms with Crippen molar-refractivity contribution in [3.8, 4) is 22.6 Å². The van der Waals surface area contributed by atoms with Gasteiger partial charge in [0.05, 0.1) is 12.7 Å². The Balaban J connectivity index is 1.01. The second-order valence-corrected chi connectivity index (χ2v) is 15.5. The maximum Gasteiger partial charge on any atom is 0.411 e. The number of methoxy groups -OCH3 is 1. The molecule has 6 nitrogen and oxygen atoms in total. The number of benzene rings is 8. The highest BCUT2D eigenvalue weighted by molar-refractivity contribution is 5.95. The normalized spacial score (nSPS) is 11.7. The average molecular weight is 907 g/mol. The van der Waals surface area contributed by atoms with Crippen LogP contribution in [0.4, 0.5) is 60.5 Å². The smallest absolute Gasteiger partial charge is 0.411 e. The van der Waals surface area contributed by atoms with Gasteiger partial charge in [0.2, 0.25) is 5.41 Å². The topological polar surface area (TPSA) is 59.1 Å². The van der Waals surface area contributed by atoms with Crippen LogP contribution in [0.2, 0.25) is 0 Å². The lowest BCUT2D eigenvalue weighted by atomic mass is 9.73. The van der Waals surface area contributed by atoms with E-state index in [-0.39, 0.29) is 22.8 Å². The van der Waals surface area contributed by atoms with Gasteiger partial charge in [-0.1, -0.05) is 84.9 Å². The van der Waals surface area contributed by atoms with E-state index in [1.807, 2.05) is 138 Å². The zero-order valence-corrected chi connectivity index (χ0v) is 35.9. The molecule has 0 spiro atoms. The number of hydrogen-bond acceptors (Lipinski definition) is 6. The van der Waals surface area contributed by atoms with Gasteiger partial charge in [0.1, 0.15) is 11.5 Å². The van der Waals surface area contributed by atoms with Crippen molar-refractivity contribution in [2.24, 2.45) is 0 Å². The molecule has 67 heavy (non-hydrogen) atoms. The first-order chi connectivity index (χ1) is 32.2. The second-order valence-electron chi connectivity index (χ2n) is 15.5. The predicted octanol–water partition coefficient (Wildman–Crippen LogP) is 15.1. The third-order valence-electron chi connectivity index (χ3n) is 11.4. The minimum Gasteiger partial charge on any atom is -0.497 e. The molecule has 0 aliphatic rings. The Kier molecular flexibility index (Phi) is 12.7. The zero-order chi connectivity index (χ0) is 47.3. The Morgan fingerprint density at radius 2 is 0.731 bits per heavy atom. The number of hydrogen-bond donors (Lipinski definition) is 0. The molecular formula is C55H40F6N2O4. The van der Waals surface area contributed by atoms with Crippen molar-refractivity contribution in [2.75, 3.05) is 16.9 Å². The van der Waals surface area contributed by atoms with Crippen LogP contribution in [0.3, 0.4) is 0 Å². The number of carbonyl (C=O) groups excluding carboxylic acids is 2. The van der Waals surface area contributed by atoms with E-state index in [1.54, 1.807) is 19.1 Å². The van der Waals surface area contributed by atoms with Crippen molar-refractivity contribution in [3.63, 3.8) is 0 Å². The van der Waals surface area contributed by atoms with E-state index in [0.29, 0.717) is 23.4 Å². The lowest BCUT2D eigenvalue weighted by Gasteiger charge is -2.38. The summed E-state index contributed by atoms with van der Waals surface area (Å²) < 4.78 is 98.3. The number of ketones is 1. The van der Waals surface area contributed by atoms with Crippen LogP contribution in [0.25, 0.3) is 11.1 Å². The Bertz CT molecular complexity index is 2930. The summed E-state index contributed by atoms with van der Waals surface area (Å²) in [5, 5.41) is 0. The fourth-order valence-corrected chi connectivity index (χ4v) is 8.01. The van der Waals surface area contributed by atoms with Crippen LogP contribution in [0, 0.1) is 0 Å². The third kappa shape index (κ3) is 9.24. The molecule has 0 amide bonds. The van der Waals surface area contributed by atoms with E-state index >= 15 is 0 Å². The first kappa shape index (κ1) is 45.4. The van der Waals surface area contributed by atoms with Gasteiger partial charge in [-0.15, -0.1) is 0 Å². The van der Waals surface area contributed by atoms with E-state index < -0.39 is 34.9 Å². The first-order valence-electron chi connectivity index (χ1n) is 20.9. The average Bonchev–Trinajstić information content (AvgIpc) is 3.33. The number of esters is 1. The van der Waals surface area contributed by atoms with E-state index in [4.69, 9.17) is 9.47 Å². The molecule has 0 aromatic heterocycles. The van der Waals surface area contributed by atoms with Crippen LogP contribution in [0.1, 0.15) is 38.8 Å². The van der Waals surface area contributed by atoms with Crippen LogP contribution in [-0.4, -0.2) is 31.2 Å². The molecule has 0 aliphatic carbocycles. The van der Waals surface area contributed by atoms with Crippen molar-refractivity contribution in [2.45, 2.75) is 24.7 Å². The van der Waals surface area contributed by atoms with Crippen LogP contribution in [-0.2, 0) is 5.41 Å². The van der Waals surface area contributed by atoms with Crippen molar-refractivity contribution >= 4 is 45.9 Å². The molecule has 0 saturated heterocycles. The summed E-state index contributed by atoms with van der Waals surface area (Å²) in [5.74, 6) is -1.04. The Labute approximate surface area is 382 Å². The van der Waals surface area contributed by atoms with Crippen LogP contribution in [0.5, 0.6) is 11.5 Å².